The van der Waals surface area contributed by atoms with E-state index in [9.17, 15) is 4.79 Å². The molecule has 6 heteroatoms. The number of unbranched alkanes of at least 4 members (excludes halogenated alkanes) is 1. The van der Waals surface area contributed by atoms with Gasteiger partial charge in [-0.15, -0.1) is 10.2 Å². The van der Waals surface area contributed by atoms with E-state index < -0.39 is 0 Å². The Morgan fingerprint density at radius 1 is 0.880 bits per heavy atom. The third-order valence-corrected chi connectivity index (χ3v) is 4.49. The van der Waals surface area contributed by atoms with Gasteiger partial charge in [0, 0.05) is 12.1 Å². The number of amides is 1. The van der Waals surface area contributed by atoms with Crippen molar-refractivity contribution in [2.75, 3.05) is 17.2 Å². The zero-order valence-electron chi connectivity index (χ0n) is 13.8. The molecular weight excluding hydrogens is 332 g/mol. The van der Waals surface area contributed by atoms with Gasteiger partial charge in [-0.25, -0.2) is 0 Å². The molecule has 3 aromatic rings. The highest BCUT2D eigenvalue weighted by Crippen LogP contribution is 2.20. The molecular formula is C19H20N4OS. The molecule has 128 valence electrons. The Balaban J connectivity index is 1.39. The third kappa shape index (κ3) is 5.39. The molecule has 0 fully saturated rings. The van der Waals surface area contributed by atoms with Gasteiger partial charge in [0.05, 0.1) is 0 Å². The van der Waals surface area contributed by atoms with E-state index in [0.29, 0.717) is 10.7 Å². The van der Waals surface area contributed by atoms with Crippen molar-refractivity contribution in [2.24, 2.45) is 0 Å². The number of nitrogens with zero attached hydrogens (tertiary/aromatic N) is 2. The molecule has 0 saturated heterocycles. The van der Waals surface area contributed by atoms with Crippen LogP contribution in [0.15, 0.2) is 60.7 Å². The molecule has 1 amide bonds. The Bertz CT molecular complexity index is 789. The zero-order valence-corrected chi connectivity index (χ0v) is 14.6. The Morgan fingerprint density at radius 3 is 2.32 bits per heavy atom. The van der Waals surface area contributed by atoms with Crippen LogP contribution in [0.4, 0.5) is 10.3 Å². The molecule has 25 heavy (non-hydrogen) atoms. The van der Waals surface area contributed by atoms with Crippen molar-refractivity contribution >= 4 is 27.5 Å². The van der Waals surface area contributed by atoms with E-state index in [1.165, 1.54) is 16.9 Å². The highest BCUT2D eigenvalue weighted by Gasteiger charge is 2.09. The molecule has 5 nitrogen and oxygen atoms in total. The second kappa shape index (κ2) is 8.94. The van der Waals surface area contributed by atoms with Gasteiger partial charge in [0.2, 0.25) is 10.3 Å². The van der Waals surface area contributed by atoms with Crippen molar-refractivity contribution in [3.8, 4) is 0 Å². The first-order valence-corrected chi connectivity index (χ1v) is 9.10. The smallest absolute Gasteiger partial charge is 0.257 e. The molecule has 0 aliphatic carbocycles. The topological polar surface area (TPSA) is 66.9 Å². The number of benzene rings is 2. The average Bonchev–Trinajstić information content (AvgIpc) is 3.10. The minimum atomic E-state index is -0.175. The van der Waals surface area contributed by atoms with Crippen LogP contribution >= 0.6 is 11.3 Å². The zero-order chi connectivity index (χ0) is 17.3. The fourth-order valence-electron chi connectivity index (χ4n) is 2.40. The lowest BCUT2D eigenvalue weighted by molar-refractivity contribution is 0.102. The van der Waals surface area contributed by atoms with E-state index in [1.54, 1.807) is 12.1 Å². The van der Waals surface area contributed by atoms with Gasteiger partial charge < -0.3 is 5.32 Å². The van der Waals surface area contributed by atoms with E-state index in [4.69, 9.17) is 0 Å². The predicted molar refractivity (Wildman–Crippen MR) is 102 cm³/mol. The summed E-state index contributed by atoms with van der Waals surface area (Å²) >= 11 is 1.35. The largest absolute Gasteiger partial charge is 0.360 e. The van der Waals surface area contributed by atoms with Crippen molar-refractivity contribution in [1.82, 2.24) is 10.2 Å². The van der Waals surface area contributed by atoms with Gasteiger partial charge in [0.15, 0.2) is 0 Å². The monoisotopic (exact) mass is 352 g/mol. The average molecular weight is 352 g/mol. The number of rotatable bonds is 8. The molecule has 0 bridgehead atoms. The fourth-order valence-corrected chi connectivity index (χ4v) is 3.06. The molecule has 1 aromatic heterocycles. The first-order chi connectivity index (χ1) is 12.3. The number of hydrogen-bond acceptors (Lipinski definition) is 5. The van der Waals surface area contributed by atoms with Gasteiger partial charge in [-0.05, 0) is 37.0 Å². The van der Waals surface area contributed by atoms with Crippen molar-refractivity contribution in [3.63, 3.8) is 0 Å². The van der Waals surface area contributed by atoms with Crippen molar-refractivity contribution < 1.29 is 4.79 Å². The highest BCUT2D eigenvalue weighted by molar-refractivity contribution is 7.19. The highest BCUT2D eigenvalue weighted by atomic mass is 32.1. The van der Waals surface area contributed by atoms with E-state index in [-0.39, 0.29) is 5.91 Å². The molecule has 0 aliphatic heterocycles. The molecule has 0 unspecified atom stereocenters. The molecule has 2 aromatic carbocycles. The predicted octanol–water partition coefficient (Wildman–Crippen LogP) is 4.23. The molecule has 1 heterocycles. The fraction of sp³-hybridized carbons (Fsp3) is 0.211. The van der Waals surface area contributed by atoms with Crippen LogP contribution in [-0.4, -0.2) is 22.6 Å². The summed E-state index contributed by atoms with van der Waals surface area (Å²) in [5.41, 5.74) is 1.97. The normalized spacial score (nSPS) is 10.4. The number of carbonyl (C=O) groups excluding carboxylic acids is 1. The maximum atomic E-state index is 12.1. The Kier molecular flexibility index (Phi) is 6.11. The van der Waals surface area contributed by atoms with E-state index in [1.807, 2.05) is 24.3 Å². The van der Waals surface area contributed by atoms with Crippen LogP contribution in [0.25, 0.3) is 0 Å². The molecule has 0 atom stereocenters. The number of nitrogens with one attached hydrogen (secondary N) is 2. The molecule has 0 spiro atoms. The van der Waals surface area contributed by atoms with E-state index in [2.05, 4.69) is 45.1 Å². The van der Waals surface area contributed by atoms with Crippen LogP contribution in [0.2, 0.25) is 0 Å². The third-order valence-electron chi connectivity index (χ3n) is 3.69. The van der Waals surface area contributed by atoms with E-state index in [0.717, 1.165) is 30.9 Å². The van der Waals surface area contributed by atoms with Crippen molar-refractivity contribution in [3.05, 3.63) is 71.8 Å². The van der Waals surface area contributed by atoms with Crippen LogP contribution in [0.1, 0.15) is 28.8 Å². The molecule has 3 rings (SSSR count). The summed E-state index contributed by atoms with van der Waals surface area (Å²) < 4.78 is 0. The second-order valence-corrected chi connectivity index (χ2v) is 6.58. The van der Waals surface area contributed by atoms with Crippen molar-refractivity contribution in [1.29, 1.82) is 0 Å². The number of aromatic nitrogens is 2. The maximum absolute atomic E-state index is 12.1. The second-order valence-electron chi connectivity index (χ2n) is 5.60. The first-order valence-electron chi connectivity index (χ1n) is 8.29. The Labute approximate surface area is 151 Å². The molecule has 0 radical (unpaired) electrons. The SMILES string of the molecule is O=C(Nc1nnc(NCCCCc2ccccc2)s1)c1ccccc1. The van der Waals surface area contributed by atoms with Crippen LogP contribution in [0, 0.1) is 0 Å². The first kappa shape index (κ1) is 17.1. The standard InChI is InChI=1S/C19H20N4OS/c24-17(16-12-5-2-6-13-16)21-19-23-22-18(25-19)20-14-8-7-11-15-9-3-1-4-10-15/h1-6,9-10,12-13H,7-8,11,14H2,(H,20,22)(H,21,23,24). The maximum Gasteiger partial charge on any atom is 0.257 e. The summed E-state index contributed by atoms with van der Waals surface area (Å²) in [7, 11) is 0. The van der Waals surface area contributed by atoms with Gasteiger partial charge in [-0.1, -0.05) is 59.9 Å². The van der Waals surface area contributed by atoms with Gasteiger partial charge in [-0.2, -0.15) is 0 Å². The number of carbonyl (C=O) groups is 1. The lowest BCUT2D eigenvalue weighted by atomic mass is 10.1. The van der Waals surface area contributed by atoms with Crippen LogP contribution in [0.5, 0.6) is 0 Å². The molecule has 0 aliphatic rings. The van der Waals surface area contributed by atoms with Gasteiger partial charge in [0.1, 0.15) is 0 Å². The number of anilines is 2. The summed E-state index contributed by atoms with van der Waals surface area (Å²) in [5.74, 6) is -0.175. The quantitative estimate of drug-likeness (QED) is 0.596. The van der Waals surface area contributed by atoms with Gasteiger partial charge in [0.25, 0.3) is 5.91 Å². The summed E-state index contributed by atoms with van der Waals surface area (Å²) in [5, 5.41) is 15.3. The van der Waals surface area contributed by atoms with Crippen LogP contribution in [0.3, 0.4) is 0 Å². The number of aryl methyl sites for hydroxylation is 1. The van der Waals surface area contributed by atoms with Crippen molar-refractivity contribution in [2.45, 2.75) is 19.3 Å². The lowest BCUT2D eigenvalue weighted by Gasteiger charge is -2.02. The van der Waals surface area contributed by atoms with Crippen LogP contribution in [-0.2, 0) is 6.42 Å². The summed E-state index contributed by atoms with van der Waals surface area (Å²) in [4.78, 5) is 12.1. The lowest BCUT2D eigenvalue weighted by Crippen LogP contribution is -2.11. The minimum absolute atomic E-state index is 0.175. The van der Waals surface area contributed by atoms with Gasteiger partial charge in [-0.3, -0.25) is 10.1 Å². The summed E-state index contributed by atoms with van der Waals surface area (Å²) in [6, 6.07) is 19.6. The molecule has 2 N–H and O–H groups in total. The summed E-state index contributed by atoms with van der Waals surface area (Å²) in [6.45, 7) is 0.841. The van der Waals surface area contributed by atoms with Gasteiger partial charge >= 0.3 is 0 Å². The van der Waals surface area contributed by atoms with E-state index >= 15 is 0 Å². The number of hydrogen-bond donors (Lipinski definition) is 2. The summed E-state index contributed by atoms with van der Waals surface area (Å²) in [6.07, 6.45) is 3.25. The Morgan fingerprint density at radius 2 is 1.56 bits per heavy atom. The molecule has 0 saturated carbocycles. The van der Waals surface area contributed by atoms with Crippen LogP contribution < -0.4 is 10.6 Å². The minimum Gasteiger partial charge on any atom is -0.360 e. The Hall–Kier alpha value is -2.73.